The van der Waals surface area contributed by atoms with Gasteiger partial charge >= 0.3 is 6.03 Å². The fourth-order valence-corrected chi connectivity index (χ4v) is 3.44. The predicted molar refractivity (Wildman–Crippen MR) is 98.1 cm³/mol. The maximum Gasteiger partial charge on any atom is 0.321 e. The van der Waals surface area contributed by atoms with Crippen LogP contribution in [0.4, 0.5) is 10.5 Å². The van der Waals surface area contributed by atoms with Crippen LogP contribution >= 0.6 is 11.3 Å². The van der Waals surface area contributed by atoms with Gasteiger partial charge in [0.15, 0.2) is 0 Å². The minimum absolute atomic E-state index is 0.0893. The van der Waals surface area contributed by atoms with Crippen LogP contribution in [-0.2, 0) is 13.0 Å². The molecule has 0 bridgehead atoms. The third-order valence-corrected chi connectivity index (χ3v) is 5.19. The number of carbonyl (C=O) groups is 1. The summed E-state index contributed by atoms with van der Waals surface area (Å²) in [4.78, 5) is 25.2. The molecule has 3 heterocycles. The number of piperazine rings is 1. The molecule has 2 aromatic rings. The van der Waals surface area contributed by atoms with Crippen LogP contribution in [0.25, 0.3) is 0 Å². The van der Waals surface area contributed by atoms with Crippen molar-refractivity contribution in [1.29, 1.82) is 0 Å². The van der Waals surface area contributed by atoms with Crippen LogP contribution in [0.1, 0.15) is 17.6 Å². The number of thiazole rings is 1. The van der Waals surface area contributed by atoms with E-state index in [1.807, 2.05) is 4.90 Å². The Labute approximate surface area is 151 Å². The van der Waals surface area contributed by atoms with Crippen molar-refractivity contribution in [3.63, 3.8) is 0 Å². The summed E-state index contributed by atoms with van der Waals surface area (Å²) in [6.07, 6.45) is 2.58. The van der Waals surface area contributed by atoms with Crippen LogP contribution in [0.2, 0.25) is 0 Å². The van der Waals surface area contributed by atoms with Gasteiger partial charge in [0.25, 0.3) is 0 Å². The Balaban J connectivity index is 1.46. The van der Waals surface area contributed by atoms with Crippen molar-refractivity contribution < 1.29 is 9.53 Å². The minimum Gasteiger partial charge on any atom is -0.481 e. The molecule has 0 aromatic carbocycles. The van der Waals surface area contributed by atoms with Gasteiger partial charge in [-0.15, -0.1) is 11.3 Å². The van der Waals surface area contributed by atoms with Gasteiger partial charge in [-0.05, 0) is 12.5 Å². The maximum atomic E-state index is 12.4. The van der Waals surface area contributed by atoms with Crippen LogP contribution in [-0.4, -0.2) is 59.1 Å². The van der Waals surface area contributed by atoms with E-state index < -0.39 is 0 Å². The summed E-state index contributed by atoms with van der Waals surface area (Å²) in [7, 11) is 1.56. The van der Waals surface area contributed by atoms with E-state index in [1.54, 1.807) is 36.8 Å². The summed E-state index contributed by atoms with van der Waals surface area (Å²) >= 11 is 1.72. The number of carbonyl (C=O) groups excluding carboxylic acids is 1. The molecule has 0 spiro atoms. The summed E-state index contributed by atoms with van der Waals surface area (Å²) in [5.41, 5.74) is 1.80. The van der Waals surface area contributed by atoms with Crippen LogP contribution in [0, 0.1) is 0 Å². The lowest BCUT2D eigenvalue weighted by molar-refractivity contribution is 0.142. The van der Waals surface area contributed by atoms with Crippen molar-refractivity contribution in [1.82, 2.24) is 19.8 Å². The van der Waals surface area contributed by atoms with Crippen molar-refractivity contribution in [2.24, 2.45) is 0 Å². The monoisotopic (exact) mass is 361 g/mol. The Kier molecular flexibility index (Phi) is 5.83. The van der Waals surface area contributed by atoms with Gasteiger partial charge in [0.1, 0.15) is 0 Å². The van der Waals surface area contributed by atoms with E-state index >= 15 is 0 Å². The Morgan fingerprint density at radius 1 is 1.32 bits per heavy atom. The number of hydrogen-bond acceptors (Lipinski definition) is 6. The van der Waals surface area contributed by atoms with Crippen molar-refractivity contribution in [3.8, 4) is 5.88 Å². The average Bonchev–Trinajstić information content (AvgIpc) is 3.10. The van der Waals surface area contributed by atoms with Gasteiger partial charge < -0.3 is 15.0 Å². The number of amides is 2. The highest BCUT2D eigenvalue weighted by atomic mass is 32.1. The molecule has 1 fully saturated rings. The van der Waals surface area contributed by atoms with E-state index in [4.69, 9.17) is 4.74 Å². The molecule has 0 unspecified atom stereocenters. The zero-order valence-electron chi connectivity index (χ0n) is 14.6. The van der Waals surface area contributed by atoms with Gasteiger partial charge in [0.05, 0.1) is 29.7 Å². The van der Waals surface area contributed by atoms with E-state index in [9.17, 15) is 4.79 Å². The SMILES string of the molecule is CCc1nc(CN2CCN(C(=O)Nc3ccc(OC)nc3)CC2)cs1. The van der Waals surface area contributed by atoms with E-state index in [0.717, 1.165) is 31.7 Å². The van der Waals surface area contributed by atoms with Gasteiger partial charge in [-0.2, -0.15) is 0 Å². The molecule has 1 aliphatic heterocycles. The lowest BCUT2D eigenvalue weighted by atomic mass is 10.3. The van der Waals surface area contributed by atoms with Crippen molar-refractivity contribution >= 4 is 23.1 Å². The van der Waals surface area contributed by atoms with E-state index in [1.165, 1.54) is 5.01 Å². The first-order chi connectivity index (χ1) is 12.2. The van der Waals surface area contributed by atoms with Gasteiger partial charge in [0.2, 0.25) is 5.88 Å². The summed E-state index contributed by atoms with van der Waals surface area (Å²) in [6.45, 7) is 6.10. The highest BCUT2D eigenvalue weighted by molar-refractivity contribution is 7.09. The predicted octanol–water partition coefficient (Wildman–Crippen LogP) is 2.46. The van der Waals surface area contributed by atoms with Crippen molar-refractivity contribution in [2.75, 3.05) is 38.6 Å². The minimum atomic E-state index is -0.0893. The van der Waals surface area contributed by atoms with Crippen LogP contribution in [0.15, 0.2) is 23.7 Å². The summed E-state index contributed by atoms with van der Waals surface area (Å²) in [5, 5.41) is 6.19. The second-order valence-electron chi connectivity index (χ2n) is 5.87. The van der Waals surface area contributed by atoms with Crippen molar-refractivity contribution in [3.05, 3.63) is 34.4 Å². The number of pyridine rings is 1. The number of methoxy groups -OCH3 is 1. The van der Waals surface area contributed by atoms with E-state index in [-0.39, 0.29) is 6.03 Å². The first-order valence-corrected chi connectivity index (χ1v) is 9.27. The molecular weight excluding hydrogens is 338 g/mol. The molecule has 2 aromatic heterocycles. The maximum absolute atomic E-state index is 12.4. The number of urea groups is 1. The molecule has 0 saturated carbocycles. The average molecular weight is 361 g/mol. The third kappa shape index (κ3) is 4.67. The number of anilines is 1. The molecule has 0 atom stereocenters. The first kappa shape index (κ1) is 17.6. The summed E-state index contributed by atoms with van der Waals surface area (Å²) in [6, 6.07) is 3.42. The lowest BCUT2D eigenvalue weighted by Gasteiger charge is -2.34. The quantitative estimate of drug-likeness (QED) is 0.886. The third-order valence-electron chi connectivity index (χ3n) is 4.14. The number of nitrogens with zero attached hydrogens (tertiary/aromatic N) is 4. The fourth-order valence-electron chi connectivity index (χ4n) is 2.70. The van der Waals surface area contributed by atoms with Gasteiger partial charge in [-0.3, -0.25) is 4.90 Å². The number of ether oxygens (including phenoxy) is 1. The normalized spacial score (nSPS) is 15.2. The second kappa shape index (κ2) is 8.26. The number of nitrogens with one attached hydrogen (secondary N) is 1. The van der Waals surface area contributed by atoms with Crippen LogP contribution in [0.3, 0.4) is 0 Å². The zero-order chi connectivity index (χ0) is 17.6. The Bertz CT molecular complexity index is 695. The Morgan fingerprint density at radius 2 is 2.12 bits per heavy atom. The molecule has 25 heavy (non-hydrogen) atoms. The second-order valence-corrected chi connectivity index (χ2v) is 6.81. The molecule has 0 radical (unpaired) electrons. The smallest absolute Gasteiger partial charge is 0.321 e. The number of aryl methyl sites for hydroxylation is 1. The largest absolute Gasteiger partial charge is 0.481 e. The van der Waals surface area contributed by atoms with Crippen LogP contribution < -0.4 is 10.1 Å². The Hall–Kier alpha value is -2.19. The standard InChI is InChI=1S/C17H23N5O2S/c1-3-16-19-14(12-25-16)11-21-6-8-22(9-7-21)17(23)20-13-4-5-15(24-2)18-10-13/h4-5,10,12H,3,6-9,11H2,1-2H3,(H,20,23). The molecule has 7 nitrogen and oxygen atoms in total. The van der Waals surface area contributed by atoms with Gasteiger partial charge in [-0.25, -0.2) is 14.8 Å². The first-order valence-electron chi connectivity index (χ1n) is 8.39. The number of hydrogen-bond donors (Lipinski definition) is 1. The molecule has 1 saturated heterocycles. The molecule has 0 aliphatic carbocycles. The van der Waals surface area contributed by atoms with E-state index in [2.05, 4.69) is 32.5 Å². The lowest BCUT2D eigenvalue weighted by Crippen LogP contribution is -2.49. The van der Waals surface area contributed by atoms with Crippen LogP contribution in [0.5, 0.6) is 5.88 Å². The molecule has 1 aliphatic rings. The number of rotatable bonds is 5. The van der Waals surface area contributed by atoms with Crippen molar-refractivity contribution in [2.45, 2.75) is 19.9 Å². The molecular formula is C17H23N5O2S. The van der Waals surface area contributed by atoms with Gasteiger partial charge in [0, 0.05) is 44.2 Å². The highest BCUT2D eigenvalue weighted by Crippen LogP contribution is 2.15. The molecule has 8 heteroatoms. The van der Waals surface area contributed by atoms with E-state index in [0.29, 0.717) is 24.7 Å². The molecule has 2 amide bonds. The summed E-state index contributed by atoms with van der Waals surface area (Å²) < 4.78 is 5.02. The molecule has 134 valence electrons. The Morgan fingerprint density at radius 3 is 2.72 bits per heavy atom. The number of aromatic nitrogens is 2. The molecule has 3 rings (SSSR count). The fraction of sp³-hybridized carbons (Fsp3) is 0.471. The zero-order valence-corrected chi connectivity index (χ0v) is 15.4. The topological polar surface area (TPSA) is 70.6 Å². The highest BCUT2D eigenvalue weighted by Gasteiger charge is 2.21. The summed E-state index contributed by atoms with van der Waals surface area (Å²) in [5.74, 6) is 0.528. The molecule has 1 N–H and O–H groups in total. The van der Waals surface area contributed by atoms with Gasteiger partial charge in [-0.1, -0.05) is 6.92 Å².